The van der Waals surface area contributed by atoms with Crippen LogP contribution >= 0.6 is 0 Å². The first kappa shape index (κ1) is 14.4. The van der Waals surface area contributed by atoms with Crippen LogP contribution in [-0.2, 0) is 9.47 Å². The Balaban J connectivity index is 0. The summed E-state index contributed by atoms with van der Waals surface area (Å²) in [5.74, 6) is 0. The van der Waals surface area contributed by atoms with E-state index in [-0.39, 0.29) is 0 Å². The highest BCUT2D eigenvalue weighted by Gasteiger charge is 1.83. The van der Waals surface area contributed by atoms with Crippen LogP contribution in [0.5, 0.6) is 0 Å². The molecule has 0 aromatic heterocycles. The summed E-state index contributed by atoms with van der Waals surface area (Å²) in [6.45, 7) is 12.8. The van der Waals surface area contributed by atoms with Gasteiger partial charge in [0.05, 0.1) is 6.10 Å². The molecule has 0 unspecified atom stereocenters. The average Bonchev–Trinajstić information content (AvgIpc) is 2.02. The molecule has 0 radical (unpaired) electrons. The summed E-state index contributed by atoms with van der Waals surface area (Å²) in [6.07, 6.45) is 1.53. The molecular formula is C10H24O2. The van der Waals surface area contributed by atoms with Gasteiger partial charge in [0.25, 0.3) is 0 Å². The van der Waals surface area contributed by atoms with Gasteiger partial charge in [-0.25, -0.2) is 0 Å². The van der Waals surface area contributed by atoms with Crippen molar-refractivity contribution in [2.75, 3.05) is 19.8 Å². The van der Waals surface area contributed by atoms with Crippen LogP contribution in [0.1, 0.15) is 41.0 Å². The molecule has 0 aliphatic heterocycles. The highest BCUT2D eigenvalue weighted by molar-refractivity contribution is 4.30. The number of rotatable bonds is 5. The molecule has 0 fully saturated rings. The Bertz CT molecular complexity index is 58.9. The Morgan fingerprint density at radius 1 is 1.00 bits per heavy atom. The lowest BCUT2D eigenvalue weighted by atomic mass is 10.5. The highest BCUT2D eigenvalue weighted by Crippen LogP contribution is 1.83. The Morgan fingerprint density at radius 3 is 1.67 bits per heavy atom. The summed E-state index contributed by atoms with van der Waals surface area (Å²) in [6, 6.07) is 0. The summed E-state index contributed by atoms with van der Waals surface area (Å²) in [5, 5.41) is 0. The van der Waals surface area contributed by atoms with Gasteiger partial charge in [0.2, 0.25) is 0 Å². The number of hydrogen-bond acceptors (Lipinski definition) is 2. The van der Waals surface area contributed by atoms with Crippen molar-refractivity contribution < 1.29 is 9.47 Å². The molecule has 0 N–H and O–H groups in total. The van der Waals surface area contributed by atoms with Gasteiger partial charge in [0, 0.05) is 19.8 Å². The van der Waals surface area contributed by atoms with Crippen molar-refractivity contribution in [2.45, 2.75) is 47.1 Å². The predicted octanol–water partition coefficient (Wildman–Crippen LogP) is 2.86. The third-order valence-electron chi connectivity index (χ3n) is 1.05. The van der Waals surface area contributed by atoms with E-state index in [1.165, 1.54) is 0 Å². The van der Waals surface area contributed by atoms with Gasteiger partial charge in [0.15, 0.2) is 0 Å². The summed E-state index contributed by atoms with van der Waals surface area (Å²) >= 11 is 0. The average molecular weight is 176 g/mol. The first-order valence-electron chi connectivity index (χ1n) is 4.88. The van der Waals surface area contributed by atoms with Crippen molar-refractivity contribution >= 4 is 0 Å². The third kappa shape index (κ3) is 22.5. The normalized spacial score (nSPS) is 9.50. The van der Waals surface area contributed by atoms with Crippen molar-refractivity contribution in [3.05, 3.63) is 0 Å². The van der Waals surface area contributed by atoms with E-state index in [0.717, 1.165) is 26.2 Å². The molecule has 0 heterocycles. The zero-order valence-electron chi connectivity index (χ0n) is 9.22. The topological polar surface area (TPSA) is 18.5 Å². The summed E-state index contributed by atoms with van der Waals surface area (Å²) in [5.41, 5.74) is 0. The molecule has 0 aliphatic carbocycles. The Labute approximate surface area is 77.3 Å². The van der Waals surface area contributed by atoms with Gasteiger partial charge in [-0.1, -0.05) is 6.92 Å². The van der Waals surface area contributed by atoms with Crippen molar-refractivity contribution in [3.63, 3.8) is 0 Å². The smallest absolute Gasteiger partial charge is 0.0518 e. The van der Waals surface area contributed by atoms with Crippen molar-refractivity contribution in [2.24, 2.45) is 0 Å². The Morgan fingerprint density at radius 2 is 1.58 bits per heavy atom. The number of hydrogen-bond donors (Lipinski definition) is 0. The molecule has 2 nitrogen and oxygen atoms in total. The van der Waals surface area contributed by atoms with E-state index in [1.54, 1.807) is 0 Å². The largest absolute Gasteiger partial charge is 0.382 e. The fourth-order valence-corrected chi connectivity index (χ4v) is 0.622. The fraction of sp³-hybridized carbons (Fsp3) is 1.00. The van der Waals surface area contributed by atoms with Crippen LogP contribution in [-0.4, -0.2) is 25.9 Å². The molecule has 0 saturated carbocycles. The maximum absolute atomic E-state index is 5.04. The van der Waals surface area contributed by atoms with Gasteiger partial charge in [0.1, 0.15) is 0 Å². The van der Waals surface area contributed by atoms with E-state index < -0.39 is 0 Å². The summed E-state index contributed by atoms with van der Waals surface area (Å²) < 4.78 is 10.0. The highest BCUT2D eigenvalue weighted by atomic mass is 16.5. The molecule has 76 valence electrons. The van der Waals surface area contributed by atoms with E-state index in [2.05, 4.69) is 6.92 Å². The molecule has 0 bridgehead atoms. The number of ether oxygens (including phenoxy) is 2. The minimum Gasteiger partial charge on any atom is -0.382 e. The minimum atomic E-state index is 0.398. The van der Waals surface area contributed by atoms with Gasteiger partial charge < -0.3 is 9.47 Å². The first-order valence-corrected chi connectivity index (χ1v) is 4.88. The monoisotopic (exact) mass is 176 g/mol. The maximum Gasteiger partial charge on any atom is 0.0518 e. The van der Waals surface area contributed by atoms with E-state index in [4.69, 9.17) is 9.47 Å². The molecule has 2 heteroatoms. The van der Waals surface area contributed by atoms with Crippen LogP contribution < -0.4 is 0 Å². The molecule has 0 aromatic carbocycles. The van der Waals surface area contributed by atoms with Crippen LogP contribution in [0.15, 0.2) is 0 Å². The van der Waals surface area contributed by atoms with Gasteiger partial charge in [-0.05, 0) is 34.1 Å². The molecule has 0 aliphatic rings. The van der Waals surface area contributed by atoms with Gasteiger partial charge in [-0.3, -0.25) is 0 Å². The lowest BCUT2D eigenvalue weighted by molar-refractivity contribution is 0.0899. The Kier molecular flexibility index (Phi) is 16.3. The second-order valence-corrected chi connectivity index (χ2v) is 2.70. The van der Waals surface area contributed by atoms with Crippen molar-refractivity contribution in [1.82, 2.24) is 0 Å². The van der Waals surface area contributed by atoms with E-state index in [0.29, 0.717) is 6.10 Å². The van der Waals surface area contributed by atoms with Crippen LogP contribution in [0, 0.1) is 0 Å². The van der Waals surface area contributed by atoms with Crippen molar-refractivity contribution in [1.29, 1.82) is 0 Å². The Hall–Kier alpha value is -0.0800. The molecule has 0 atom stereocenters. The van der Waals surface area contributed by atoms with E-state index in [9.17, 15) is 0 Å². The van der Waals surface area contributed by atoms with Crippen molar-refractivity contribution in [3.8, 4) is 0 Å². The predicted molar refractivity (Wildman–Crippen MR) is 53.5 cm³/mol. The second kappa shape index (κ2) is 13.5. The van der Waals surface area contributed by atoms with Crippen LogP contribution in [0.4, 0.5) is 0 Å². The zero-order chi connectivity index (χ0) is 9.82. The summed E-state index contributed by atoms with van der Waals surface area (Å²) in [7, 11) is 0. The second-order valence-electron chi connectivity index (χ2n) is 2.70. The fourth-order valence-electron chi connectivity index (χ4n) is 0.622. The molecule has 0 rings (SSSR count). The molecule has 0 aromatic rings. The lowest BCUT2D eigenvalue weighted by Gasteiger charge is -2.00. The van der Waals surface area contributed by atoms with Gasteiger partial charge in [-0.2, -0.15) is 0 Å². The van der Waals surface area contributed by atoms with E-state index in [1.807, 2.05) is 27.7 Å². The zero-order valence-corrected chi connectivity index (χ0v) is 9.22. The molecular weight excluding hydrogens is 152 g/mol. The SMILES string of the molecule is CCCOCC.CCOC(C)C. The third-order valence-corrected chi connectivity index (χ3v) is 1.05. The molecule has 12 heavy (non-hydrogen) atoms. The standard InChI is InChI=1S/2C5H12O/c1-4-6-5(2)3;1-3-5-6-4-2/h5H,4H2,1-3H3;3-5H2,1-2H3. The molecule has 0 saturated heterocycles. The van der Waals surface area contributed by atoms with Crippen LogP contribution in [0.2, 0.25) is 0 Å². The van der Waals surface area contributed by atoms with Crippen LogP contribution in [0.3, 0.4) is 0 Å². The van der Waals surface area contributed by atoms with Gasteiger partial charge in [-0.15, -0.1) is 0 Å². The first-order chi connectivity index (χ1) is 5.68. The van der Waals surface area contributed by atoms with E-state index >= 15 is 0 Å². The quantitative estimate of drug-likeness (QED) is 0.600. The molecule has 0 spiro atoms. The summed E-state index contributed by atoms with van der Waals surface area (Å²) in [4.78, 5) is 0. The van der Waals surface area contributed by atoms with Crippen LogP contribution in [0.25, 0.3) is 0 Å². The van der Waals surface area contributed by atoms with Gasteiger partial charge >= 0.3 is 0 Å². The maximum atomic E-state index is 5.04. The lowest BCUT2D eigenvalue weighted by Crippen LogP contribution is -1.99. The molecule has 0 amide bonds. The minimum absolute atomic E-state index is 0.398.